The van der Waals surface area contributed by atoms with Gasteiger partial charge in [0, 0.05) is 88.1 Å². The molecule has 3 fully saturated rings. The lowest BCUT2D eigenvalue weighted by molar-refractivity contribution is -0.135. The van der Waals surface area contributed by atoms with E-state index in [2.05, 4.69) is 272 Å². The summed E-state index contributed by atoms with van der Waals surface area (Å²) in [6, 6.07) is 69.4. The van der Waals surface area contributed by atoms with Crippen molar-refractivity contribution in [1.82, 2.24) is 76.6 Å². The minimum Gasteiger partial charge on any atom is -0.381 e. The number of ether oxygens (including phenoxy) is 3. The molecule has 9 heterocycles. The topological polar surface area (TPSA) is 289 Å². The molecule has 6 aliphatic rings. The first-order chi connectivity index (χ1) is 55.7. The van der Waals surface area contributed by atoms with Crippen molar-refractivity contribution >= 4 is 35.2 Å². The summed E-state index contributed by atoms with van der Waals surface area (Å²) < 4.78 is 16.6. The second-order valence-corrected chi connectivity index (χ2v) is 30.0. The van der Waals surface area contributed by atoms with Crippen molar-refractivity contribution in [2.75, 3.05) is 39.6 Å². The van der Waals surface area contributed by atoms with Crippen LogP contribution in [0.3, 0.4) is 0 Å². The van der Waals surface area contributed by atoms with E-state index in [1.807, 2.05) is 46.7 Å². The van der Waals surface area contributed by atoms with Crippen molar-refractivity contribution in [2.45, 2.75) is 136 Å². The molecule has 0 bridgehead atoms. The van der Waals surface area contributed by atoms with Crippen molar-refractivity contribution < 1.29 is 28.6 Å². The summed E-state index contributed by atoms with van der Waals surface area (Å²) in [5, 5.41) is 44.4. The van der Waals surface area contributed by atoms with E-state index in [0.717, 1.165) is 131 Å². The zero-order valence-electron chi connectivity index (χ0n) is 64.9. The molecule has 24 nitrogen and oxygen atoms in total. The minimum absolute atomic E-state index is 0.0520. The van der Waals surface area contributed by atoms with Crippen LogP contribution in [0, 0.1) is 20.8 Å². The van der Waals surface area contributed by atoms with Gasteiger partial charge in [-0.2, -0.15) is 15.6 Å². The first-order valence-electron chi connectivity index (χ1n) is 39.3. The molecule has 12 aromatic rings. The van der Waals surface area contributed by atoms with Gasteiger partial charge in [-0.1, -0.05) is 202 Å². The predicted molar refractivity (Wildman–Crippen MR) is 439 cm³/mol. The molecule has 3 N–H and O–H groups in total. The SMILES string of the molecule is CCC1=NC2(CCOC2)C(=O)N1Cc1ccc(-c2cc(-c3cccc(C)c3)ccc2-c2nn[nH]n2)cc1.CCC1=NC2(CCOC2)C(=O)N1Cc1ccc(-c2cc(-c3ccccc3C)ccc2-c2nn[nH]n2)cc1.CCCCC1=NC2(CCOCC2)C(=O)N1Cc1ccc(-c2cc(-c3cccc(C)c3)ccc2-c2nn[nH]n2)cc1. The normalized spacial score (nSPS) is 18.2. The van der Waals surface area contributed by atoms with Gasteiger partial charge in [0.2, 0.25) is 17.5 Å². The largest absolute Gasteiger partial charge is 0.381 e. The number of nitrogens with one attached hydrogen (secondary N) is 3. The Kier molecular flexibility index (Phi) is 21.9. The molecule has 2 unspecified atom stereocenters. The maximum absolute atomic E-state index is 13.7. The van der Waals surface area contributed by atoms with Gasteiger partial charge in [-0.25, -0.2) is 0 Å². The number of nitrogens with zero attached hydrogens (tertiary/aromatic N) is 15. The number of hydrogen-bond donors (Lipinski definition) is 3. The number of hydrogen-bond acceptors (Lipinski definition) is 18. The molecule has 3 amide bonds. The average Bonchev–Trinajstić information content (AvgIpc) is 1.61. The third kappa shape index (κ3) is 15.5. The Morgan fingerprint density at radius 2 is 0.728 bits per heavy atom. The van der Waals surface area contributed by atoms with Crippen LogP contribution >= 0.6 is 0 Å². The van der Waals surface area contributed by atoms with E-state index in [9.17, 15) is 14.4 Å². The number of H-pyrrole nitrogens is 3. The first kappa shape index (κ1) is 75.5. The zero-order valence-corrected chi connectivity index (χ0v) is 64.9. The number of carbonyl (C=O) groups is 3. The maximum atomic E-state index is 13.7. The van der Waals surface area contributed by atoms with Gasteiger partial charge in [0.15, 0.2) is 11.1 Å². The number of aromatic amines is 3. The molecule has 3 saturated heterocycles. The molecule has 0 aliphatic carbocycles. The molecular weight excluding hydrogens is 1430 g/mol. The number of carbonyl (C=O) groups excluding carboxylic acids is 3. The van der Waals surface area contributed by atoms with Crippen molar-refractivity contribution in [3.8, 4) is 101 Å². The molecule has 3 spiro atoms. The molecule has 0 saturated carbocycles. The Morgan fingerprint density at radius 1 is 0.360 bits per heavy atom. The quantitative estimate of drug-likeness (QED) is 0.0639. The second-order valence-electron chi connectivity index (χ2n) is 30.0. The summed E-state index contributed by atoms with van der Waals surface area (Å²) in [6.45, 7) is 17.2. The number of aliphatic imine (C=N–C) groups is 3. The number of benzene rings is 9. The molecule has 6 aliphatic heterocycles. The lowest BCUT2D eigenvalue weighted by Crippen LogP contribution is -2.45. The highest BCUT2D eigenvalue weighted by molar-refractivity contribution is 6.10. The van der Waals surface area contributed by atoms with E-state index in [1.165, 1.54) is 22.3 Å². The zero-order chi connectivity index (χ0) is 78.3. The van der Waals surface area contributed by atoms with Crippen molar-refractivity contribution in [1.29, 1.82) is 0 Å². The van der Waals surface area contributed by atoms with Crippen molar-refractivity contribution in [2.24, 2.45) is 15.0 Å². The number of aromatic nitrogens is 12. The molecule has 576 valence electrons. The number of amidine groups is 3. The highest BCUT2D eigenvalue weighted by atomic mass is 16.5. The highest BCUT2D eigenvalue weighted by Crippen LogP contribution is 2.42. The van der Waals surface area contributed by atoms with E-state index in [4.69, 9.17) is 29.2 Å². The Labute approximate surface area is 661 Å². The van der Waals surface area contributed by atoms with Gasteiger partial charge in [0.05, 0.1) is 32.8 Å². The lowest BCUT2D eigenvalue weighted by atomic mass is 9.90. The van der Waals surface area contributed by atoms with E-state index in [0.29, 0.717) is 115 Å². The monoisotopic (exact) mass is 1520 g/mol. The minimum atomic E-state index is -0.721. The molecule has 24 heteroatoms. The predicted octanol–water partition coefficient (Wildman–Crippen LogP) is 15.6. The number of unbranched alkanes of at least 4 members (excludes halogenated alkanes) is 1. The fourth-order valence-corrected chi connectivity index (χ4v) is 16.1. The van der Waals surface area contributed by atoms with Crippen LogP contribution < -0.4 is 0 Å². The van der Waals surface area contributed by atoms with Gasteiger partial charge >= 0.3 is 0 Å². The van der Waals surface area contributed by atoms with Gasteiger partial charge in [-0.15, -0.1) is 30.6 Å². The van der Waals surface area contributed by atoms with Crippen LogP contribution in [-0.4, -0.2) is 168 Å². The van der Waals surface area contributed by atoms with Crippen LogP contribution in [0.1, 0.15) is 112 Å². The molecule has 18 rings (SSSR count). The summed E-state index contributed by atoms with van der Waals surface area (Å²) in [5.41, 5.74) is 20.5. The van der Waals surface area contributed by atoms with E-state index in [-0.39, 0.29) is 17.7 Å². The average molecular weight is 1520 g/mol. The van der Waals surface area contributed by atoms with Crippen molar-refractivity contribution in [3.05, 3.63) is 234 Å². The Balaban J connectivity index is 0.000000129. The number of tetrazole rings is 3. The van der Waals surface area contributed by atoms with Crippen LogP contribution in [0.25, 0.3) is 101 Å². The fourth-order valence-electron chi connectivity index (χ4n) is 16.1. The van der Waals surface area contributed by atoms with Gasteiger partial charge < -0.3 is 14.2 Å². The number of aryl methyl sites for hydroxylation is 3. The van der Waals surface area contributed by atoms with Crippen LogP contribution in [0.2, 0.25) is 0 Å². The Bertz CT molecular complexity index is 5550. The third-order valence-corrected chi connectivity index (χ3v) is 22.4. The molecule has 3 aromatic heterocycles. The number of rotatable bonds is 20. The summed E-state index contributed by atoms with van der Waals surface area (Å²) in [5.74, 6) is 4.47. The summed E-state index contributed by atoms with van der Waals surface area (Å²) in [7, 11) is 0. The van der Waals surface area contributed by atoms with Gasteiger partial charge in [-0.05, 0) is 168 Å². The Morgan fingerprint density at radius 3 is 1.11 bits per heavy atom. The van der Waals surface area contributed by atoms with Gasteiger partial charge in [-0.3, -0.25) is 44.1 Å². The first-order valence-corrected chi connectivity index (χ1v) is 39.3. The molecule has 114 heavy (non-hydrogen) atoms. The van der Waals surface area contributed by atoms with Gasteiger partial charge in [0.25, 0.3) is 17.7 Å². The lowest BCUT2D eigenvalue weighted by Gasteiger charge is -2.29. The third-order valence-electron chi connectivity index (χ3n) is 22.4. The van der Waals surface area contributed by atoms with Gasteiger partial charge in [0.1, 0.15) is 23.0 Å². The highest BCUT2D eigenvalue weighted by Gasteiger charge is 2.52. The van der Waals surface area contributed by atoms with Crippen LogP contribution in [0.4, 0.5) is 0 Å². The van der Waals surface area contributed by atoms with Crippen LogP contribution in [0.5, 0.6) is 0 Å². The summed E-state index contributed by atoms with van der Waals surface area (Å²) >= 11 is 0. The number of amides is 3. The molecular formula is C90H90N18O6. The Hall–Kier alpha value is -12.5. The van der Waals surface area contributed by atoms with Crippen LogP contribution in [0.15, 0.2) is 215 Å². The van der Waals surface area contributed by atoms with Crippen molar-refractivity contribution in [3.63, 3.8) is 0 Å². The molecule has 2 atom stereocenters. The second kappa shape index (κ2) is 33.0. The fraction of sp³-hybridized carbons (Fsp3) is 0.300. The summed E-state index contributed by atoms with van der Waals surface area (Å²) in [4.78, 5) is 60.4. The summed E-state index contributed by atoms with van der Waals surface area (Å²) in [6.07, 6.45) is 6.96. The standard InChI is InChI=1S/C32H34N6O2.2C29H28N6O2/c1-3-4-8-29-33-32(15-17-40-18-16-32)31(39)38(29)21-23-9-11-24(12-10-23)28-20-26(25-7-5-6-22(2)19-25)13-14-27(28)30-34-36-37-35-30;1-3-26-30-29(13-14-37-18-29)28(36)35(26)17-20-7-9-21(10-8-20)25-16-23(22-6-4-5-19(2)15-22)11-12-24(25)27-31-33-34-32-27;1-3-26-30-29(14-15-37-18-29)28(36)35(26)17-20-8-10-21(11-9-20)25-16-22(23-7-5-4-6-19(23)2)12-13-24(25)27-31-33-34-32-27/h5-7,9-14,19-20H,3-4,8,15-18,21H2,1-2H3,(H,34,35,36,37);4-12,15-16H,3,13-14,17-18H2,1-2H3,(H,31,32,33,34);4-13,16H,3,14-15,17-18H2,1-2H3,(H,31,32,33,34). The molecule has 9 aromatic carbocycles. The van der Waals surface area contributed by atoms with E-state index < -0.39 is 16.6 Å². The molecule has 0 radical (unpaired) electrons. The van der Waals surface area contributed by atoms with E-state index in [1.54, 1.807) is 0 Å². The van der Waals surface area contributed by atoms with Crippen LogP contribution in [-0.2, 0) is 48.2 Å². The van der Waals surface area contributed by atoms with E-state index >= 15 is 0 Å². The smallest absolute Gasteiger partial charge is 0.258 e. The maximum Gasteiger partial charge on any atom is 0.258 e.